The quantitative estimate of drug-likeness (QED) is 0.341. The fourth-order valence-electron chi connectivity index (χ4n) is 2.20. The van der Waals surface area contributed by atoms with Crippen LogP contribution >= 0.6 is 18.2 Å². The molecule has 0 aliphatic carbocycles. The maximum Gasteiger partial charge on any atom is 0.383 e. The highest BCUT2D eigenvalue weighted by atomic mass is 32.7. The SMILES string of the molecule is CSP(=O)(O)O.Nc1nc2c(ncn2[C@H]2C[C@H](O)[C@@H](CO)O2)c(=O)[nH]1. The molecule has 0 bridgehead atoms. The van der Waals surface area contributed by atoms with Gasteiger partial charge in [-0.25, -0.2) is 9.55 Å². The Morgan fingerprint density at radius 3 is 2.72 bits per heavy atom. The summed E-state index contributed by atoms with van der Waals surface area (Å²) in [6.07, 6.45) is 1.09. The first-order valence-corrected chi connectivity index (χ1v) is 10.4. The second-order valence-corrected chi connectivity index (χ2v) is 8.93. The highest BCUT2D eigenvalue weighted by Gasteiger charge is 2.35. The summed E-state index contributed by atoms with van der Waals surface area (Å²) in [6.45, 7) is -4.01. The molecule has 0 saturated carbocycles. The van der Waals surface area contributed by atoms with E-state index < -0.39 is 30.8 Å². The van der Waals surface area contributed by atoms with Gasteiger partial charge in [0, 0.05) is 6.42 Å². The van der Waals surface area contributed by atoms with Crippen molar-refractivity contribution in [3.8, 4) is 0 Å². The van der Waals surface area contributed by atoms with Crippen molar-refractivity contribution >= 4 is 35.3 Å². The van der Waals surface area contributed by atoms with Crippen LogP contribution in [0.25, 0.3) is 11.2 Å². The standard InChI is InChI=1S/C10H13N5O4.CH5O3PS/c11-10-13-8-7(9(18)14-10)12-3-15(8)6-1-4(17)5(2-16)19-6;1-6-5(2,3)4/h3-6,16-17H,1-2H2,(H3,11,13,14,18);1H3,(H2,2,3,4)/t4-,5+,6+;/m0./s1. The number of aromatic amines is 1. The fourth-order valence-corrected chi connectivity index (χ4v) is 2.20. The van der Waals surface area contributed by atoms with Crippen LogP contribution in [0.5, 0.6) is 0 Å². The lowest BCUT2D eigenvalue weighted by molar-refractivity contribution is -0.0432. The molecular weight excluding hydrogens is 377 g/mol. The van der Waals surface area contributed by atoms with Crippen molar-refractivity contribution in [3.63, 3.8) is 0 Å². The number of aliphatic hydroxyl groups is 2. The van der Waals surface area contributed by atoms with E-state index in [1.54, 1.807) is 0 Å². The predicted molar refractivity (Wildman–Crippen MR) is 89.7 cm³/mol. The van der Waals surface area contributed by atoms with Gasteiger partial charge in [-0.1, -0.05) is 0 Å². The molecule has 1 aliphatic rings. The lowest BCUT2D eigenvalue weighted by atomic mass is 10.2. The van der Waals surface area contributed by atoms with Crippen LogP contribution < -0.4 is 11.3 Å². The third kappa shape index (κ3) is 4.79. The number of aliphatic hydroxyl groups excluding tert-OH is 2. The van der Waals surface area contributed by atoms with E-state index in [0.717, 1.165) is 0 Å². The summed E-state index contributed by atoms with van der Waals surface area (Å²) in [4.78, 5) is 37.8. The summed E-state index contributed by atoms with van der Waals surface area (Å²) in [5, 5.41) is 18.8. The molecule has 1 aliphatic heterocycles. The van der Waals surface area contributed by atoms with E-state index in [1.165, 1.54) is 17.2 Å². The van der Waals surface area contributed by atoms with Crippen LogP contribution in [0.15, 0.2) is 11.1 Å². The average Bonchev–Trinajstić information content (AvgIpc) is 3.10. The van der Waals surface area contributed by atoms with Crippen molar-refractivity contribution in [1.29, 1.82) is 0 Å². The van der Waals surface area contributed by atoms with Gasteiger partial charge in [-0.2, -0.15) is 4.98 Å². The molecule has 1 fully saturated rings. The van der Waals surface area contributed by atoms with Gasteiger partial charge >= 0.3 is 6.80 Å². The van der Waals surface area contributed by atoms with Crippen LogP contribution in [-0.4, -0.2) is 64.6 Å². The van der Waals surface area contributed by atoms with E-state index in [-0.39, 0.29) is 30.1 Å². The van der Waals surface area contributed by atoms with Gasteiger partial charge < -0.3 is 30.5 Å². The number of anilines is 1. The molecular formula is C11H18N5O7PS. The van der Waals surface area contributed by atoms with Crippen molar-refractivity contribution in [3.05, 3.63) is 16.7 Å². The highest BCUT2D eigenvalue weighted by molar-refractivity contribution is 8.54. The van der Waals surface area contributed by atoms with Crippen LogP contribution in [0.2, 0.25) is 0 Å². The second kappa shape index (κ2) is 7.83. The summed E-state index contributed by atoms with van der Waals surface area (Å²) in [6, 6.07) is 0. The maximum absolute atomic E-state index is 11.6. The molecule has 3 heterocycles. The number of nitrogen functional groups attached to an aromatic ring is 1. The summed E-state index contributed by atoms with van der Waals surface area (Å²) >= 11 is 0.549. The van der Waals surface area contributed by atoms with Crippen molar-refractivity contribution in [1.82, 2.24) is 19.5 Å². The number of imidazole rings is 1. The minimum Gasteiger partial charge on any atom is -0.394 e. The van der Waals surface area contributed by atoms with Crippen LogP contribution in [0.3, 0.4) is 0 Å². The van der Waals surface area contributed by atoms with Gasteiger partial charge in [0.15, 0.2) is 11.2 Å². The van der Waals surface area contributed by atoms with Gasteiger partial charge in [-0.15, -0.1) is 0 Å². The molecule has 2 aromatic heterocycles. The summed E-state index contributed by atoms with van der Waals surface area (Å²) in [7, 11) is 0. The summed E-state index contributed by atoms with van der Waals surface area (Å²) in [5.74, 6) is -0.0171. The Hall–Kier alpha value is -1.47. The second-order valence-electron chi connectivity index (χ2n) is 5.06. The van der Waals surface area contributed by atoms with Crippen LogP contribution in [0, 0.1) is 0 Å². The van der Waals surface area contributed by atoms with Gasteiger partial charge in [0.05, 0.1) is 19.0 Å². The first-order valence-electron chi connectivity index (χ1n) is 6.94. The van der Waals surface area contributed by atoms with E-state index in [2.05, 4.69) is 15.0 Å². The molecule has 12 nitrogen and oxygen atoms in total. The molecule has 140 valence electrons. The molecule has 0 spiro atoms. The number of ether oxygens (including phenoxy) is 1. The molecule has 25 heavy (non-hydrogen) atoms. The Balaban J connectivity index is 0.000000326. The molecule has 1 saturated heterocycles. The molecule has 7 N–H and O–H groups in total. The molecule has 0 radical (unpaired) electrons. The number of aromatic nitrogens is 4. The molecule has 0 aromatic carbocycles. The normalized spacial score (nSPS) is 23.5. The number of H-pyrrole nitrogens is 1. The molecule has 14 heteroatoms. The van der Waals surface area contributed by atoms with Gasteiger partial charge in [-0.3, -0.25) is 14.3 Å². The maximum atomic E-state index is 11.6. The molecule has 0 unspecified atom stereocenters. The fraction of sp³-hybridized carbons (Fsp3) is 0.545. The number of hydrogen-bond acceptors (Lipinski definition) is 9. The Morgan fingerprint density at radius 1 is 1.56 bits per heavy atom. The van der Waals surface area contributed by atoms with Gasteiger partial charge in [-0.05, 0) is 17.6 Å². The van der Waals surface area contributed by atoms with E-state index in [4.69, 9.17) is 25.4 Å². The summed E-state index contributed by atoms with van der Waals surface area (Å²) < 4.78 is 16.7. The minimum absolute atomic E-state index is 0.0171. The average molecular weight is 395 g/mol. The zero-order valence-electron chi connectivity index (χ0n) is 13.0. The highest BCUT2D eigenvalue weighted by Crippen LogP contribution is 2.47. The van der Waals surface area contributed by atoms with Crippen molar-refractivity contribution in [2.75, 3.05) is 18.6 Å². The lowest BCUT2D eigenvalue weighted by Gasteiger charge is -2.13. The van der Waals surface area contributed by atoms with Gasteiger partial charge in [0.2, 0.25) is 5.95 Å². The zero-order valence-corrected chi connectivity index (χ0v) is 14.7. The number of hydrogen-bond donors (Lipinski definition) is 6. The topological polar surface area (TPSA) is 197 Å². The van der Waals surface area contributed by atoms with Crippen LogP contribution in [-0.2, 0) is 9.30 Å². The Kier molecular flexibility index (Phi) is 6.21. The first kappa shape index (κ1) is 19.8. The minimum atomic E-state index is -3.73. The predicted octanol–water partition coefficient (Wildman–Crippen LogP) is -1.22. The van der Waals surface area contributed by atoms with Crippen molar-refractivity contribution < 1.29 is 29.3 Å². The van der Waals surface area contributed by atoms with Gasteiger partial charge in [0.25, 0.3) is 5.56 Å². The lowest BCUT2D eigenvalue weighted by Crippen LogP contribution is -2.24. The third-order valence-corrected chi connectivity index (χ3v) is 5.29. The number of fused-ring (bicyclic) bond motifs is 1. The molecule has 0 amide bonds. The number of nitrogens with zero attached hydrogens (tertiary/aromatic N) is 3. The number of rotatable bonds is 3. The smallest absolute Gasteiger partial charge is 0.383 e. The Bertz CT molecular complexity index is 836. The van der Waals surface area contributed by atoms with E-state index in [9.17, 15) is 14.5 Å². The molecule has 3 rings (SSSR count). The van der Waals surface area contributed by atoms with E-state index in [1.807, 2.05) is 0 Å². The Labute approximate surface area is 145 Å². The number of nitrogens with one attached hydrogen (secondary N) is 1. The van der Waals surface area contributed by atoms with E-state index >= 15 is 0 Å². The van der Waals surface area contributed by atoms with Crippen molar-refractivity contribution in [2.45, 2.75) is 24.9 Å². The summed E-state index contributed by atoms with van der Waals surface area (Å²) in [5.41, 5.74) is 5.50. The van der Waals surface area contributed by atoms with Crippen LogP contribution in [0.4, 0.5) is 5.95 Å². The van der Waals surface area contributed by atoms with Crippen molar-refractivity contribution in [2.24, 2.45) is 0 Å². The number of nitrogens with two attached hydrogens (primary N) is 1. The molecule has 2 aromatic rings. The first-order chi connectivity index (χ1) is 11.7. The third-order valence-electron chi connectivity index (χ3n) is 3.38. The monoisotopic (exact) mass is 395 g/mol. The van der Waals surface area contributed by atoms with Gasteiger partial charge in [0.1, 0.15) is 12.3 Å². The Morgan fingerprint density at radius 2 is 2.20 bits per heavy atom. The zero-order chi connectivity index (χ0) is 18.8. The van der Waals surface area contributed by atoms with E-state index in [0.29, 0.717) is 11.4 Å². The van der Waals surface area contributed by atoms with Crippen LogP contribution in [0.1, 0.15) is 12.6 Å². The molecule has 3 atom stereocenters. The largest absolute Gasteiger partial charge is 0.394 e.